The molecule has 1 heterocycles. The number of aromatic nitrogens is 2. The second-order valence-electron chi connectivity index (χ2n) is 3.93. The van der Waals surface area contributed by atoms with E-state index in [0.29, 0.717) is 5.15 Å². The number of halogens is 1. The molecule has 0 unspecified atom stereocenters. The SMILES string of the molecule is Cc1cnn(OC(=O)C2(C)CC2)c1Cl. The van der Waals surface area contributed by atoms with Crippen molar-refractivity contribution in [1.29, 1.82) is 0 Å². The summed E-state index contributed by atoms with van der Waals surface area (Å²) in [4.78, 5) is 17.6. The standard InChI is InChI=1S/C9H11ClN2O2/c1-6-5-11-12(7(6)10)14-8(13)9(2)3-4-9/h5H,3-4H2,1-2H3. The van der Waals surface area contributed by atoms with Crippen LogP contribution in [0.1, 0.15) is 25.3 Å². The van der Waals surface area contributed by atoms with E-state index < -0.39 is 0 Å². The summed E-state index contributed by atoms with van der Waals surface area (Å²) in [6, 6.07) is 0. The molecular weight excluding hydrogens is 204 g/mol. The van der Waals surface area contributed by atoms with Crippen molar-refractivity contribution in [3.63, 3.8) is 0 Å². The van der Waals surface area contributed by atoms with Gasteiger partial charge in [0.05, 0.1) is 11.6 Å². The lowest BCUT2D eigenvalue weighted by molar-refractivity contribution is -0.151. The third-order valence-corrected chi connectivity index (χ3v) is 2.95. The molecule has 14 heavy (non-hydrogen) atoms. The van der Waals surface area contributed by atoms with Crippen LogP contribution in [0.4, 0.5) is 0 Å². The average molecular weight is 215 g/mol. The number of rotatable bonds is 2. The van der Waals surface area contributed by atoms with Crippen molar-refractivity contribution in [2.75, 3.05) is 0 Å². The van der Waals surface area contributed by atoms with Gasteiger partial charge in [0.15, 0.2) is 5.15 Å². The lowest BCUT2D eigenvalue weighted by Gasteiger charge is -2.07. The van der Waals surface area contributed by atoms with Gasteiger partial charge in [0.1, 0.15) is 0 Å². The van der Waals surface area contributed by atoms with E-state index in [-0.39, 0.29) is 11.4 Å². The van der Waals surface area contributed by atoms with E-state index in [1.807, 2.05) is 6.92 Å². The van der Waals surface area contributed by atoms with Crippen LogP contribution in [-0.4, -0.2) is 15.9 Å². The Balaban J connectivity index is 2.11. The number of carbonyl (C=O) groups is 1. The quantitative estimate of drug-likeness (QED) is 0.751. The summed E-state index contributed by atoms with van der Waals surface area (Å²) in [5.74, 6) is -0.262. The lowest BCUT2D eigenvalue weighted by atomic mass is 10.1. The van der Waals surface area contributed by atoms with Gasteiger partial charge in [-0.1, -0.05) is 16.4 Å². The Morgan fingerprint density at radius 2 is 2.36 bits per heavy atom. The van der Waals surface area contributed by atoms with Crippen LogP contribution < -0.4 is 4.84 Å². The Morgan fingerprint density at radius 3 is 2.79 bits per heavy atom. The van der Waals surface area contributed by atoms with Crippen molar-refractivity contribution in [2.45, 2.75) is 26.7 Å². The molecule has 0 radical (unpaired) electrons. The number of hydrogen-bond donors (Lipinski definition) is 0. The van der Waals surface area contributed by atoms with Crippen LogP contribution in [0, 0.1) is 12.3 Å². The van der Waals surface area contributed by atoms with E-state index in [1.165, 1.54) is 0 Å². The van der Waals surface area contributed by atoms with Gasteiger partial charge >= 0.3 is 5.97 Å². The van der Waals surface area contributed by atoms with Crippen molar-refractivity contribution in [3.8, 4) is 0 Å². The van der Waals surface area contributed by atoms with Crippen LogP contribution >= 0.6 is 11.6 Å². The molecule has 1 aromatic rings. The van der Waals surface area contributed by atoms with Gasteiger partial charge in [-0.15, -0.1) is 5.10 Å². The van der Waals surface area contributed by atoms with Gasteiger partial charge in [-0.2, -0.15) is 0 Å². The van der Waals surface area contributed by atoms with Gasteiger partial charge in [-0.25, -0.2) is 4.79 Å². The topological polar surface area (TPSA) is 44.1 Å². The first-order chi connectivity index (χ1) is 6.53. The van der Waals surface area contributed by atoms with E-state index in [4.69, 9.17) is 16.4 Å². The van der Waals surface area contributed by atoms with E-state index in [9.17, 15) is 4.79 Å². The third kappa shape index (κ3) is 1.50. The summed E-state index contributed by atoms with van der Waals surface area (Å²) < 4.78 is 0. The van der Waals surface area contributed by atoms with Gasteiger partial charge in [-0.3, -0.25) is 0 Å². The third-order valence-electron chi connectivity index (χ3n) is 2.51. The summed E-state index contributed by atoms with van der Waals surface area (Å²) in [6.45, 7) is 3.68. The molecule has 1 aliphatic rings. The molecule has 1 aliphatic carbocycles. The van der Waals surface area contributed by atoms with Crippen molar-refractivity contribution in [3.05, 3.63) is 16.9 Å². The van der Waals surface area contributed by atoms with Gasteiger partial charge in [0.2, 0.25) is 0 Å². The van der Waals surface area contributed by atoms with Crippen LogP contribution in [0.2, 0.25) is 5.15 Å². The molecule has 0 aliphatic heterocycles. The first-order valence-electron chi connectivity index (χ1n) is 4.46. The van der Waals surface area contributed by atoms with Gasteiger partial charge < -0.3 is 4.84 Å². The van der Waals surface area contributed by atoms with Crippen LogP contribution in [0.3, 0.4) is 0 Å². The van der Waals surface area contributed by atoms with Gasteiger partial charge in [0.25, 0.3) is 0 Å². The highest BCUT2D eigenvalue weighted by atomic mass is 35.5. The largest absolute Gasteiger partial charge is 0.340 e. The van der Waals surface area contributed by atoms with Crippen LogP contribution in [0.15, 0.2) is 6.20 Å². The number of carbonyl (C=O) groups excluding carboxylic acids is 1. The minimum Gasteiger partial charge on any atom is -0.317 e. The fraction of sp³-hybridized carbons (Fsp3) is 0.556. The van der Waals surface area contributed by atoms with Crippen LogP contribution in [-0.2, 0) is 4.79 Å². The molecule has 1 aromatic heterocycles. The number of hydrogen-bond acceptors (Lipinski definition) is 3. The first-order valence-corrected chi connectivity index (χ1v) is 4.84. The van der Waals surface area contributed by atoms with E-state index >= 15 is 0 Å². The number of nitrogens with zero attached hydrogens (tertiary/aromatic N) is 2. The zero-order chi connectivity index (χ0) is 10.3. The Morgan fingerprint density at radius 1 is 1.71 bits per heavy atom. The molecule has 0 bridgehead atoms. The highest BCUT2D eigenvalue weighted by molar-refractivity contribution is 6.30. The van der Waals surface area contributed by atoms with Crippen LogP contribution in [0.5, 0.6) is 0 Å². The Hall–Kier alpha value is -1.03. The highest BCUT2D eigenvalue weighted by Crippen LogP contribution is 2.45. The maximum absolute atomic E-state index is 11.5. The predicted molar refractivity (Wildman–Crippen MR) is 50.9 cm³/mol. The molecular formula is C9H11ClN2O2. The zero-order valence-electron chi connectivity index (χ0n) is 8.08. The fourth-order valence-corrected chi connectivity index (χ4v) is 1.16. The molecule has 0 spiro atoms. The van der Waals surface area contributed by atoms with Crippen LogP contribution in [0.25, 0.3) is 0 Å². The summed E-state index contributed by atoms with van der Waals surface area (Å²) in [7, 11) is 0. The molecule has 1 saturated carbocycles. The van der Waals surface area contributed by atoms with Crippen molar-refractivity contribution in [2.24, 2.45) is 5.41 Å². The highest BCUT2D eigenvalue weighted by Gasteiger charge is 2.47. The molecule has 0 aromatic carbocycles. The second kappa shape index (κ2) is 2.98. The summed E-state index contributed by atoms with van der Waals surface area (Å²) in [5.41, 5.74) is 0.476. The first kappa shape index (κ1) is 9.52. The Kier molecular flexibility index (Phi) is 2.03. The maximum atomic E-state index is 11.5. The predicted octanol–water partition coefficient (Wildman–Crippen LogP) is 1.60. The molecule has 2 rings (SSSR count). The van der Waals surface area contributed by atoms with E-state index in [1.54, 1.807) is 13.1 Å². The molecule has 1 fully saturated rings. The minimum atomic E-state index is -0.316. The Labute approximate surface area is 86.8 Å². The molecule has 76 valence electrons. The smallest absolute Gasteiger partial charge is 0.317 e. The summed E-state index contributed by atoms with van der Waals surface area (Å²) in [6.07, 6.45) is 3.32. The zero-order valence-corrected chi connectivity index (χ0v) is 8.84. The van der Waals surface area contributed by atoms with Gasteiger partial charge in [0, 0.05) is 5.56 Å². The molecule has 5 heteroatoms. The molecule has 4 nitrogen and oxygen atoms in total. The minimum absolute atomic E-state index is 0.262. The van der Waals surface area contributed by atoms with E-state index in [0.717, 1.165) is 23.3 Å². The van der Waals surface area contributed by atoms with Crippen molar-refractivity contribution < 1.29 is 9.63 Å². The fourth-order valence-electron chi connectivity index (χ4n) is 1.04. The van der Waals surface area contributed by atoms with E-state index in [2.05, 4.69) is 5.10 Å². The molecule has 0 atom stereocenters. The Bertz CT molecular complexity index is 382. The normalized spacial score (nSPS) is 17.9. The summed E-state index contributed by atoms with van der Waals surface area (Å²) >= 11 is 5.85. The maximum Gasteiger partial charge on any atom is 0.340 e. The van der Waals surface area contributed by atoms with Gasteiger partial charge in [-0.05, 0) is 26.7 Å². The average Bonchev–Trinajstić information content (AvgIpc) is 2.83. The molecule has 0 saturated heterocycles. The summed E-state index contributed by atoms with van der Waals surface area (Å²) in [5, 5.41) is 4.19. The molecule has 0 N–H and O–H groups in total. The second-order valence-corrected chi connectivity index (χ2v) is 4.29. The number of aryl methyl sites for hydroxylation is 1. The van der Waals surface area contributed by atoms with Crippen molar-refractivity contribution >= 4 is 17.6 Å². The van der Waals surface area contributed by atoms with Crippen molar-refractivity contribution in [1.82, 2.24) is 9.94 Å². The lowest BCUT2D eigenvalue weighted by Crippen LogP contribution is -2.27. The monoisotopic (exact) mass is 214 g/mol. The molecule has 0 amide bonds.